The van der Waals surface area contributed by atoms with E-state index in [2.05, 4.69) is 35.7 Å². The van der Waals surface area contributed by atoms with Crippen molar-refractivity contribution in [2.75, 3.05) is 21.9 Å². The van der Waals surface area contributed by atoms with Gasteiger partial charge in [-0.3, -0.25) is 14.0 Å². The molecule has 0 aromatic heterocycles. The smallest absolute Gasteiger partial charge is 0.355 e. The second-order valence-electron chi connectivity index (χ2n) is 11.4. The number of hydrogen-bond donors (Lipinski definition) is 0. The summed E-state index contributed by atoms with van der Waals surface area (Å²) in [6.45, 7) is 8.67. The minimum Gasteiger partial charge on any atom is -0.457 e. The van der Waals surface area contributed by atoms with Crippen LogP contribution in [0.15, 0.2) is 71.8 Å². The average Bonchev–Trinajstić information content (AvgIpc) is 3.44. The lowest BCUT2D eigenvalue weighted by Crippen LogP contribution is -2.63. The molecule has 3 heterocycles. The highest BCUT2D eigenvalue weighted by Gasteiger charge is 2.64. The van der Waals surface area contributed by atoms with E-state index in [0.29, 0.717) is 35.9 Å². The molecule has 1 saturated carbocycles. The maximum atomic E-state index is 14.3. The Morgan fingerprint density at radius 3 is 2.64 bits per heavy atom. The van der Waals surface area contributed by atoms with Gasteiger partial charge in [-0.2, -0.15) is 4.89 Å². The van der Waals surface area contributed by atoms with E-state index in [9.17, 15) is 22.8 Å². The molecule has 1 amide bonds. The fourth-order valence-corrected chi connectivity index (χ4v) is 9.85. The molecular weight excluding hydrogens is 699 g/mol. The van der Waals surface area contributed by atoms with Gasteiger partial charge in [-0.15, -0.1) is 6.58 Å². The Morgan fingerprint density at radius 1 is 1.14 bits per heavy atom. The first-order valence-electron chi connectivity index (χ1n) is 14.6. The van der Waals surface area contributed by atoms with Crippen molar-refractivity contribution in [3.63, 3.8) is 0 Å². The van der Waals surface area contributed by atoms with Crippen LogP contribution in [-0.2, 0) is 45.3 Å². The number of carbonyl (C=O) groups is 3. The molecular formula is C32H33IN2O8S. The van der Waals surface area contributed by atoms with Crippen LogP contribution in [0.4, 0.5) is 5.69 Å². The third-order valence-electron chi connectivity index (χ3n) is 9.12. The average molecular weight is 733 g/mol. The van der Waals surface area contributed by atoms with Crippen LogP contribution < -0.4 is 4.31 Å². The molecule has 12 heteroatoms. The molecule has 0 radical (unpaired) electrons. The molecule has 0 N–H and O–H groups in total. The molecule has 10 nitrogen and oxygen atoms in total. The topological polar surface area (TPSA) is 120 Å². The van der Waals surface area contributed by atoms with Gasteiger partial charge in [0.2, 0.25) is 5.91 Å². The van der Waals surface area contributed by atoms with Gasteiger partial charge in [0.15, 0.2) is 0 Å². The lowest BCUT2D eigenvalue weighted by molar-refractivity contribution is -0.271. The van der Waals surface area contributed by atoms with E-state index < -0.39 is 51.8 Å². The molecule has 2 aromatic carbocycles. The van der Waals surface area contributed by atoms with E-state index in [1.165, 1.54) is 21.4 Å². The summed E-state index contributed by atoms with van der Waals surface area (Å²) in [5.74, 6) is -3.80. The minimum absolute atomic E-state index is 0.000936. The van der Waals surface area contributed by atoms with Crippen molar-refractivity contribution in [3.05, 3.63) is 72.5 Å². The van der Waals surface area contributed by atoms with E-state index in [1.807, 2.05) is 24.3 Å². The summed E-state index contributed by atoms with van der Waals surface area (Å²) in [6.07, 6.45) is 5.41. The van der Waals surface area contributed by atoms with Crippen LogP contribution in [0, 0.1) is 17.8 Å². The Kier molecular flexibility index (Phi) is 8.35. The number of fused-ring (bicyclic) bond motifs is 3. The third kappa shape index (κ3) is 4.59. The van der Waals surface area contributed by atoms with Crippen molar-refractivity contribution < 1.29 is 37.3 Å². The van der Waals surface area contributed by atoms with Gasteiger partial charge in [-0.1, -0.05) is 72.9 Å². The van der Waals surface area contributed by atoms with Gasteiger partial charge in [0.25, 0.3) is 10.0 Å². The number of sulfonamides is 1. The van der Waals surface area contributed by atoms with Gasteiger partial charge in [-0.25, -0.2) is 18.0 Å². The van der Waals surface area contributed by atoms with Gasteiger partial charge < -0.3 is 9.64 Å². The molecule has 4 aliphatic rings. The van der Waals surface area contributed by atoms with Crippen molar-refractivity contribution in [1.82, 2.24) is 4.90 Å². The number of esters is 1. The number of hydrogen-bond acceptors (Lipinski definition) is 8. The lowest BCUT2D eigenvalue weighted by Gasteiger charge is -2.48. The summed E-state index contributed by atoms with van der Waals surface area (Å²) < 4.78 is 36.4. The van der Waals surface area contributed by atoms with Crippen LogP contribution >= 0.6 is 22.6 Å². The van der Waals surface area contributed by atoms with Crippen molar-refractivity contribution in [2.45, 2.75) is 49.6 Å². The van der Waals surface area contributed by atoms with E-state index in [1.54, 1.807) is 13.0 Å². The summed E-state index contributed by atoms with van der Waals surface area (Å²) in [6, 6.07) is 7.95. The number of benzene rings is 2. The molecule has 232 valence electrons. The highest BCUT2D eigenvalue weighted by Crippen LogP contribution is 2.56. The number of halogens is 1. The first kappa shape index (κ1) is 30.8. The Hall–Kier alpha value is -3.23. The maximum absolute atomic E-state index is 14.3. The standard InChI is InChI=1S/C32H33IN2O8S/c1-4-16-41-32(38)29-27-21(28-25(30(36)34(28)29)18(3)31(37)43-42-17-5-2)9-7-11-23(27)35-22-10-6-8-20-19(14-15-33)12-13-24(26(20)22)44(35,39)40/h4-6,8,10,12-13,18,21,23,25,28H,1-2,7,9,11,14-17H2,3H3/t18?,21-,23?,25+,28?/m0/s1. The molecule has 0 bridgehead atoms. The third-order valence-corrected chi connectivity index (χ3v) is 11.5. The van der Waals surface area contributed by atoms with Crippen molar-refractivity contribution in [1.29, 1.82) is 0 Å². The van der Waals surface area contributed by atoms with E-state index in [4.69, 9.17) is 14.5 Å². The Morgan fingerprint density at radius 2 is 1.91 bits per heavy atom. The largest absolute Gasteiger partial charge is 0.457 e. The first-order valence-corrected chi connectivity index (χ1v) is 17.6. The SMILES string of the molecule is C=CCOOC(=O)C(C)[C@H]1C(=O)N2C(C(=O)OCC=C)=C3C(N4c5cccc6c(CCI)ccc(c56)S4(=O)=O)CCC[C@@H]3C12. The van der Waals surface area contributed by atoms with Gasteiger partial charge in [0.1, 0.15) is 18.9 Å². The number of alkyl halides is 1. The molecule has 3 unspecified atom stereocenters. The zero-order valence-corrected chi connectivity index (χ0v) is 27.2. The van der Waals surface area contributed by atoms with Gasteiger partial charge in [0.05, 0.1) is 34.5 Å². The van der Waals surface area contributed by atoms with E-state index >= 15 is 0 Å². The van der Waals surface area contributed by atoms with Crippen LogP contribution in [-0.4, -0.2) is 60.9 Å². The van der Waals surface area contributed by atoms with Crippen LogP contribution in [0.5, 0.6) is 0 Å². The predicted octanol–water partition coefficient (Wildman–Crippen LogP) is 4.62. The fourth-order valence-electron chi connectivity index (χ4n) is 7.38. The molecule has 3 aliphatic heterocycles. The van der Waals surface area contributed by atoms with Crippen LogP contribution in [0.2, 0.25) is 0 Å². The van der Waals surface area contributed by atoms with Crippen LogP contribution in [0.3, 0.4) is 0 Å². The summed E-state index contributed by atoms with van der Waals surface area (Å²) in [7, 11) is -3.99. The second kappa shape index (κ2) is 11.9. The van der Waals surface area contributed by atoms with E-state index in [-0.39, 0.29) is 29.7 Å². The number of ether oxygens (including phenoxy) is 1. The van der Waals surface area contributed by atoms with Crippen molar-refractivity contribution in [3.8, 4) is 0 Å². The minimum atomic E-state index is -3.99. The number of aryl methyl sites for hydroxylation is 1. The monoisotopic (exact) mass is 732 g/mol. The summed E-state index contributed by atoms with van der Waals surface area (Å²) in [4.78, 5) is 51.6. The van der Waals surface area contributed by atoms with Crippen LogP contribution in [0.1, 0.15) is 31.7 Å². The number of nitrogens with zero attached hydrogens (tertiary/aromatic N) is 2. The Balaban J connectivity index is 1.44. The summed E-state index contributed by atoms with van der Waals surface area (Å²) in [5, 5.41) is 1.57. The zero-order valence-electron chi connectivity index (χ0n) is 24.2. The molecule has 0 spiro atoms. The van der Waals surface area contributed by atoms with Crippen molar-refractivity contribution in [2.24, 2.45) is 17.8 Å². The first-order chi connectivity index (χ1) is 21.2. The highest BCUT2D eigenvalue weighted by atomic mass is 127. The van der Waals surface area contributed by atoms with Gasteiger partial charge in [0, 0.05) is 15.7 Å². The Labute approximate surface area is 269 Å². The van der Waals surface area contributed by atoms with Gasteiger partial charge >= 0.3 is 11.9 Å². The molecule has 1 saturated heterocycles. The Bertz CT molecular complexity index is 1720. The molecule has 2 fully saturated rings. The summed E-state index contributed by atoms with van der Waals surface area (Å²) in [5.41, 5.74) is 2.27. The number of rotatable bonds is 11. The van der Waals surface area contributed by atoms with Gasteiger partial charge in [-0.05, 0) is 47.9 Å². The zero-order chi connectivity index (χ0) is 31.3. The second-order valence-corrected chi connectivity index (χ2v) is 14.3. The molecule has 5 atom stereocenters. The molecule has 44 heavy (non-hydrogen) atoms. The van der Waals surface area contributed by atoms with E-state index in [0.717, 1.165) is 21.8 Å². The predicted molar refractivity (Wildman–Crippen MR) is 171 cm³/mol. The molecule has 6 rings (SSSR count). The quantitative estimate of drug-likeness (QED) is 0.0481. The number of amides is 1. The highest BCUT2D eigenvalue weighted by molar-refractivity contribution is 14.1. The number of β-lactam (4-membered cyclic amide) rings is 1. The normalized spacial score (nSPS) is 25.3. The number of anilines is 1. The van der Waals surface area contributed by atoms with Crippen molar-refractivity contribution >= 4 is 66.9 Å². The maximum Gasteiger partial charge on any atom is 0.355 e. The molecule has 1 aliphatic carbocycles. The number of carbonyl (C=O) groups excluding carboxylic acids is 3. The lowest BCUT2D eigenvalue weighted by atomic mass is 9.69. The fraction of sp³-hybridized carbons (Fsp3) is 0.406. The molecule has 2 aromatic rings. The van der Waals surface area contributed by atoms with Crippen LogP contribution in [0.25, 0.3) is 10.8 Å². The summed E-state index contributed by atoms with van der Waals surface area (Å²) >= 11 is 2.31.